The number of hydrogen-bond acceptors (Lipinski definition) is 2. The lowest BCUT2D eigenvalue weighted by Crippen LogP contribution is -2.12. The van der Waals surface area contributed by atoms with Crippen LogP contribution in [0.15, 0.2) is 46.9 Å². The van der Waals surface area contributed by atoms with E-state index in [1.165, 1.54) is 12.1 Å². The van der Waals surface area contributed by atoms with Gasteiger partial charge < -0.3 is 10.4 Å². The molecule has 0 spiro atoms. The number of carbonyl (C=O) groups excluding carboxylic acids is 1. The number of carbonyl (C=O) groups is 2. The zero-order chi connectivity index (χ0) is 14.7. The summed E-state index contributed by atoms with van der Waals surface area (Å²) < 4.78 is 0.932. The highest BCUT2D eigenvalue weighted by atomic mass is 79.9. The lowest BCUT2D eigenvalue weighted by atomic mass is 10.1. The van der Waals surface area contributed by atoms with E-state index in [0.29, 0.717) is 11.3 Å². The highest BCUT2D eigenvalue weighted by molar-refractivity contribution is 9.10. The average molecular weight is 334 g/mol. The molecule has 0 aliphatic carbocycles. The molecule has 2 aromatic carbocycles. The van der Waals surface area contributed by atoms with Gasteiger partial charge in [0.1, 0.15) is 0 Å². The van der Waals surface area contributed by atoms with E-state index >= 15 is 0 Å². The van der Waals surface area contributed by atoms with Gasteiger partial charge in [0.25, 0.3) is 5.91 Å². The van der Waals surface area contributed by atoms with Crippen LogP contribution in [0.25, 0.3) is 0 Å². The lowest BCUT2D eigenvalue weighted by molar-refractivity contribution is 0.0696. The number of aromatic carboxylic acids is 1. The van der Waals surface area contributed by atoms with E-state index in [2.05, 4.69) is 21.2 Å². The van der Waals surface area contributed by atoms with E-state index < -0.39 is 5.97 Å². The van der Waals surface area contributed by atoms with Crippen molar-refractivity contribution in [1.82, 2.24) is 0 Å². The van der Waals surface area contributed by atoms with E-state index in [1.807, 2.05) is 6.92 Å². The Morgan fingerprint density at radius 1 is 1.10 bits per heavy atom. The fourth-order valence-corrected chi connectivity index (χ4v) is 1.97. The summed E-state index contributed by atoms with van der Waals surface area (Å²) in [6.07, 6.45) is 0. The van der Waals surface area contributed by atoms with Crippen LogP contribution in [0, 0.1) is 6.92 Å². The number of nitrogens with one attached hydrogen (secondary N) is 1. The third-order valence-electron chi connectivity index (χ3n) is 2.79. The quantitative estimate of drug-likeness (QED) is 0.899. The smallest absolute Gasteiger partial charge is 0.335 e. The molecular formula is C15H12BrNO3. The van der Waals surface area contributed by atoms with E-state index in [1.54, 1.807) is 30.3 Å². The predicted octanol–water partition coefficient (Wildman–Crippen LogP) is 3.71. The first-order chi connectivity index (χ1) is 9.47. The summed E-state index contributed by atoms with van der Waals surface area (Å²) in [7, 11) is 0. The van der Waals surface area contributed by atoms with Crippen molar-refractivity contribution in [3.63, 3.8) is 0 Å². The number of aryl methyl sites for hydroxylation is 1. The van der Waals surface area contributed by atoms with Crippen LogP contribution in [-0.4, -0.2) is 17.0 Å². The van der Waals surface area contributed by atoms with Crippen molar-refractivity contribution in [1.29, 1.82) is 0 Å². The number of anilines is 1. The standard InChI is InChI=1S/C15H12BrNO3/c1-9-7-10(5-6-13(9)16)14(18)17-12-4-2-3-11(8-12)15(19)20/h2-8H,1H3,(H,17,18)(H,19,20). The van der Waals surface area contributed by atoms with Crippen molar-refractivity contribution in [2.75, 3.05) is 5.32 Å². The number of rotatable bonds is 3. The Hall–Kier alpha value is -2.14. The van der Waals surface area contributed by atoms with Gasteiger partial charge in [-0.3, -0.25) is 4.79 Å². The molecule has 0 aromatic heterocycles. The molecule has 20 heavy (non-hydrogen) atoms. The summed E-state index contributed by atoms with van der Waals surface area (Å²) in [5.74, 6) is -1.30. The number of carboxylic acid groups (broad SMARTS) is 1. The van der Waals surface area contributed by atoms with Crippen molar-refractivity contribution < 1.29 is 14.7 Å². The summed E-state index contributed by atoms with van der Waals surface area (Å²) >= 11 is 3.37. The van der Waals surface area contributed by atoms with Crippen molar-refractivity contribution in [3.8, 4) is 0 Å². The van der Waals surface area contributed by atoms with E-state index in [9.17, 15) is 9.59 Å². The van der Waals surface area contributed by atoms with Gasteiger partial charge in [-0.1, -0.05) is 22.0 Å². The number of benzene rings is 2. The van der Waals surface area contributed by atoms with Crippen LogP contribution in [0.5, 0.6) is 0 Å². The van der Waals surface area contributed by atoms with Crippen LogP contribution in [0.2, 0.25) is 0 Å². The van der Waals surface area contributed by atoms with Gasteiger partial charge in [-0.15, -0.1) is 0 Å². The zero-order valence-electron chi connectivity index (χ0n) is 10.7. The van der Waals surface area contributed by atoms with Crippen LogP contribution in [0.3, 0.4) is 0 Å². The second kappa shape index (κ2) is 5.88. The Balaban J connectivity index is 2.21. The molecule has 0 unspecified atom stereocenters. The molecule has 0 aliphatic rings. The van der Waals surface area contributed by atoms with Gasteiger partial charge in [0.2, 0.25) is 0 Å². The van der Waals surface area contributed by atoms with Crippen molar-refractivity contribution >= 4 is 33.5 Å². The highest BCUT2D eigenvalue weighted by Gasteiger charge is 2.09. The summed E-state index contributed by atoms with van der Waals surface area (Å²) in [5, 5.41) is 11.6. The van der Waals surface area contributed by atoms with E-state index in [0.717, 1.165) is 10.0 Å². The molecule has 2 rings (SSSR count). The van der Waals surface area contributed by atoms with Gasteiger partial charge in [0.05, 0.1) is 5.56 Å². The van der Waals surface area contributed by atoms with Crippen LogP contribution in [0.4, 0.5) is 5.69 Å². The number of amides is 1. The summed E-state index contributed by atoms with van der Waals surface area (Å²) in [6, 6.07) is 11.4. The Bertz CT molecular complexity index is 683. The van der Waals surface area contributed by atoms with E-state index in [-0.39, 0.29) is 11.5 Å². The van der Waals surface area contributed by atoms with Crippen LogP contribution < -0.4 is 5.32 Å². The average Bonchev–Trinajstić information content (AvgIpc) is 2.42. The Labute approximate surface area is 124 Å². The van der Waals surface area contributed by atoms with Crippen molar-refractivity contribution in [2.45, 2.75) is 6.92 Å². The molecule has 0 radical (unpaired) electrons. The zero-order valence-corrected chi connectivity index (χ0v) is 12.3. The molecule has 0 heterocycles. The minimum atomic E-state index is -1.03. The van der Waals surface area contributed by atoms with Crippen LogP contribution >= 0.6 is 15.9 Å². The molecule has 5 heteroatoms. The number of halogens is 1. The Morgan fingerprint density at radius 2 is 1.85 bits per heavy atom. The molecule has 0 atom stereocenters. The second-order valence-electron chi connectivity index (χ2n) is 4.30. The number of carboxylic acids is 1. The molecule has 102 valence electrons. The molecule has 2 N–H and O–H groups in total. The molecule has 0 saturated heterocycles. The first-order valence-electron chi connectivity index (χ1n) is 5.88. The minimum absolute atomic E-state index is 0.134. The molecule has 0 saturated carbocycles. The van der Waals surface area contributed by atoms with Crippen molar-refractivity contribution in [2.24, 2.45) is 0 Å². The van der Waals surface area contributed by atoms with Gasteiger partial charge in [-0.05, 0) is 48.9 Å². The minimum Gasteiger partial charge on any atom is -0.478 e. The maximum Gasteiger partial charge on any atom is 0.335 e. The Morgan fingerprint density at radius 3 is 2.50 bits per heavy atom. The van der Waals surface area contributed by atoms with Crippen LogP contribution in [-0.2, 0) is 0 Å². The maximum absolute atomic E-state index is 12.1. The normalized spacial score (nSPS) is 10.1. The molecule has 2 aromatic rings. The lowest BCUT2D eigenvalue weighted by Gasteiger charge is -2.07. The summed E-state index contributed by atoms with van der Waals surface area (Å²) in [6.45, 7) is 1.89. The van der Waals surface area contributed by atoms with E-state index in [4.69, 9.17) is 5.11 Å². The third kappa shape index (κ3) is 3.24. The molecule has 0 bridgehead atoms. The fourth-order valence-electron chi connectivity index (χ4n) is 1.72. The maximum atomic E-state index is 12.1. The van der Waals surface area contributed by atoms with Gasteiger partial charge in [-0.25, -0.2) is 4.79 Å². The monoisotopic (exact) mass is 333 g/mol. The first kappa shape index (κ1) is 14.3. The Kier molecular flexibility index (Phi) is 4.20. The molecule has 0 fully saturated rings. The molecule has 0 aliphatic heterocycles. The van der Waals surface area contributed by atoms with Crippen molar-refractivity contribution in [3.05, 3.63) is 63.6 Å². The predicted molar refractivity (Wildman–Crippen MR) is 80.2 cm³/mol. The molecule has 1 amide bonds. The van der Waals surface area contributed by atoms with Gasteiger partial charge in [0.15, 0.2) is 0 Å². The number of hydrogen-bond donors (Lipinski definition) is 2. The first-order valence-corrected chi connectivity index (χ1v) is 6.67. The summed E-state index contributed by atoms with van der Waals surface area (Å²) in [4.78, 5) is 23.0. The third-order valence-corrected chi connectivity index (χ3v) is 3.68. The molecule has 4 nitrogen and oxygen atoms in total. The summed E-state index contributed by atoms with van der Waals surface area (Å²) in [5.41, 5.74) is 2.06. The fraction of sp³-hybridized carbons (Fsp3) is 0.0667. The van der Waals surface area contributed by atoms with Gasteiger partial charge in [0, 0.05) is 15.7 Å². The van der Waals surface area contributed by atoms with Gasteiger partial charge in [-0.2, -0.15) is 0 Å². The highest BCUT2D eigenvalue weighted by Crippen LogP contribution is 2.18. The SMILES string of the molecule is Cc1cc(C(=O)Nc2cccc(C(=O)O)c2)ccc1Br. The molecular weight excluding hydrogens is 322 g/mol. The second-order valence-corrected chi connectivity index (χ2v) is 5.16. The van der Waals surface area contributed by atoms with Crippen LogP contribution in [0.1, 0.15) is 26.3 Å². The van der Waals surface area contributed by atoms with Gasteiger partial charge >= 0.3 is 5.97 Å². The largest absolute Gasteiger partial charge is 0.478 e. The topological polar surface area (TPSA) is 66.4 Å².